The first-order valence-electron chi connectivity index (χ1n) is 9.54. The highest BCUT2D eigenvalue weighted by atomic mass is 16.3. The molecule has 0 fully saturated rings. The zero-order valence-corrected chi connectivity index (χ0v) is 16.3. The van der Waals surface area contributed by atoms with Crippen LogP contribution in [0.15, 0.2) is 42.5 Å². The third kappa shape index (κ3) is 2.83. The van der Waals surface area contributed by atoms with Crippen molar-refractivity contribution in [2.75, 3.05) is 23.3 Å². The van der Waals surface area contributed by atoms with E-state index < -0.39 is 0 Å². The van der Waals surface area contributed by atoms with E-state index in [0.717, 1.165) is 47.0 Å². The summed E-state index contributed by atoms with van der Waals surface area (Å²) in [5.41, 5.74) is 7.32. The minimum Gasteiger partial charge on any atom is -0.507 e. The van der Waals surface area contributed by atoms with Crippen LogP contribution >= 0.6 is 0 Å². The highest BCUT2D eigenvalue weighted by Crippen LogP contribution is 2.42. The highest BCUT2D eigenvalue weighted by molar-refractivity contribution is 5.81. The maximum absolute atomic E-state index is 10.8. The van der Waals surface area contributed by atoms with E-state index in [1.807, 2.05) is 23.7 Å². The zero-order valence-electron chi connectivity index (χ0n) is 16.3. The normalized spacial score (nSPS) is 15.0. The molecule has 0 amide bonds. The number of anilines is 2. The Labute approximate surface area is 160 Å². The SMILES string of the molecule is CCN(CC)c1ccc(C2Nc3c(C)cccc3-c3cc(C)nn32)c(O)c1. The van der Waals surface area contributed by atoms with E-state index in [-0.39, 0.29) is 11.9 Å². The summed E-state index contributed by atoms with van der Waals surface area (Å²) >= 11 is 0. The third-order valence-corrected chi connectivity index (χ3v) is 5.37. The first-order chi connectivity index (χ1) is 13.0. The maximum Gasteiger partial charge on any atom is 0.150 e. The Morgan fingerprint density at radius 2 is 1.89 bits per heavy atom. The second kappa shape index (κ2) is 6.65. The fraction of sp³-hybridized carbons (Fsp3) is 0.318. The van der Waals surface area contributed by atoms with Gasteiger partial charge in [-0.25, -0.2) is 4.68 Å². The largest absolute Gasteiger partial charge is 0.507 e. The number of aryl methyl sites for hydroxylation is 2. The van der Waals surface area contributed by atoms with Crippen LogP contribution in [0.3, 0.4) is 0 Å². The van der Waals surface area contributed by atoms with Gasteiger partial charge in [0.25, 0.3) is 0 Å². The number of rotatable bonds is 4. The van der Waals surface area contributed by atoms with Crippen molar-refractivity contribution in [2.45, 2.75) is 33.9 Å². The summed E-state index contributed by atoms with van der Waals surface area (Å²) in [7, 11) is 0. The first kappa shape index (κ1) is 17.5. The molecule has 140 valence electrons. The molecule has 1 atom stereocenters. The number of fused-ring (bicyclic) bond motifs is 3. The van der Waals surface area contributed by atoms with Crippen molar-refractivity contribution >= 4 is 11.4 Å². The van der Waals surface area contributed by atoms with Crippen molar-refractivity contribution in [3.05, 3.63) is 59.3 Å². The van der Waals surface area contributed by atoms with E-state index in [9.17, 15) is 5.11 Å². The number of phenols is 1. The lowest BCUT2D eigenvalue weighted by Crippen LogP contribution is -2.26. The van der Waals surface area contributed by atoms with Crippen molar-refractivity contribution in [3.63, 3.8) is 0 Å². The zero-order chi connectivity index (χ0) is 19.1. The second-order valence-corrected chi connectivity index (χ2v) is 7.08. The van der Waals surface area contributed by atoms with Gasteiger partial charge in [-0.2, -0.15) is 5.10 Å². The standard InChI is InChI=1S/C22H26N4O/c1-5-25(6-2)16-10-11-18(20(27)13-16)22-23-21-14(3)8-7-9-17(21)19-12-15(4)24-26(19)22/h7-13,22-23,27H,5-6H2,1-4H3. The molecule has 0 aliphatic carbocycles. The number of hydrogen-bond donors (Lipinski definition) is 2. The summed E-state index contributed by atoms with van der Waals surface area (Å²) in [6.07, 6.45) is -0.243. The monoisotopic (exact) mass is 362 g/mol. The Balaban J connectivity index is 1.82. The molecule has 4 rings (SSSR count). The van der Waals surface area contributed by atoms with Gasteiger partial charge >= 0.3 is 0 Å². The summed E-state index contributed by atoms with van der Waals surface area (Å²) in [6.45, 7) is 10.2. The number of nitrogens with one attached hydrogen (secondary N) is 1. The van der Waals surface area contributed by atoms with Crippen LogP contribution in [0.4, 0.5) is 11.4 Å². The van der Waals surface area contributed by atoms with Gasteiger partial charge in [0.15, 0.2) is 6.17 Å². The average molecular weight is 362 g/mol. The van der Waals surface area contributed by atoms with Crippen molar-refractivity contribution in [1.29, 1.82) is 0 Å². The van der Waals surface area contributed by atoms with Gasteiger partial charge in [-0.15, -0.1) is 0 Å². The predicted molar refractivity (Wildman–Crippen MR) is 111 cm³/mol. The van der Waals surface area contributed by atoms with Gasteiger partial charge in [0.1, 0.15) is 5.75 Å². The van der Waals surface area contributed by atoms with Gasteiger partial charge in [0, 0.05) is 41.7 Å². The number of nitrogens with zero attached hydrogens (tertiary/aromatic N) is 3. The van der Waals surface area contributed by atoms with Crippen LogP contribution in [-0.2, 0) is 0 Å². The molecule has 0 bridgehead atoms. The van der Waals surface area contributed by atoms with Crippen LogP contribution in [0.25, 0.3) is 11.3 Å². The molecule has 0 spiro atoms. The van der Waals surface area contributed by atoms with Crippen molar-refractivity contribution in [1.82, 2.24) is 9.78 Å². The molecule has 0 saturated heterocycles. The van der Waals surface area contributed by atoms with E-state index in [1.54, 1.807) is 0 Å². The quantitative estimate of drug-likeness (QED) is 0.707. The van der Waals surface area contributed by atoms with Crippen LogP contribution in [0.5, 0.6) is 5.75 Å². The number of aromatic nitrogens is 2. The number of phenolic OH excluding ortho intramolecular Hbond substituents is 1. The lowest BCUT2D eigenvalue weighted by Gasteiger charge is -2.31. The van der Waals surface area contributed by atoms with Gasteiger partial charge in [0.2, 0.25) is 0 Å². The lowest BCUT2D eigenvalue weighted by molar-refractivity contribution is 0.452. The molecule has 2 heterocycles. The van der Waals surface area contributed by atoms with Crippen molar-refractivity contribution in [3.8, 4) is 17.0 Å². The molecule has 1 aromatic heterocycles. The van der Waals surface area contributed by atoms with E-state index >= 15 is 0 Å². The first-order valence-corrected chi connectivity index (χ1v) is 9.54. The Kier molecular flexibility index (Phi) is 4.30. The van der Waals surface area contributed by atoms with Gasteiger partial charge in [-0.05, 0) is 51.5 Å². The Bertz CT molecular complexity index is 988. The molecular weight excluding hydrogens is 336 g/mol. The lowest BCUT2D eigenvalue weighted by atomic mass is 10.00. The van der Waals surface area contributed by atoms with Gasteiger partial charge in [0.05, 0.1) is 11.4 Å². The molecule has 27 heavy (non-hydrogen) atoms. The topological polar surface area (TPSA) is 53.3 Å². The highest BCUT2D eigenvalue weighted by Gasteiger charge is 2.29. The van der Waals surface area contributed by atoms with Crippen LogP contribution in [0.1, 0.15) is 36.8 Å². The number of para-hydroxylation sites is 1. The van der Waals surface area contributed by atoms with Crippen LogP contribution in [0.2, 0.25) is 0 Å². The molecule has 5 nitrogen and oxygen atoms in total. The fourth-order valence-corrected chi connectivity index (χ4v) is 3.94. The van der Waals surface area contributed by atoms with Gasteiger partial charge in [-0.1, -0.05) is 18.2 Å². The number of hydrogen-bond acceptors (Lipinski definition) is 4. The second-order valence-electron chi connectivity index (χ2n) is 7.08. The summed E-state index contributed by atoms with van der Waals surface area (Å²) < 4.78 is 1.98. The molecule has 1 aliphatic heterocycles. The van der Waals surface area contributed by atoms with Crippen molar-refractivity contribution < 1.29 is 5.11 Å². The smallest absolute Gasteiger partial charge is 0.150 e. The van der Waals surface area contributed by atoms with Crippen LogP contribution in [0, 0.1) is 13.8 Å². The van der Waals surface area contributed by atoms with Crippen LogP contribution < -0.4 is 10.2 Å². The van der Waals surface area contributed by atoms with E-state index in [4.69, 9.17) is 5.10 Å². The molecule has 0 radical (unpaired) electrons. The summed E-state index contributed by atoms with van der Waals surface area (Å²) in [4.78, 5) is 2.22. The summed E-state index contributed by atoms with van der Waals surface area (Å²) in [6, 6.07) is 14.3. The molecule has 5 heteroatoms. The van der Waals surface area contributed by atoms with Crippen molar-refractivity contribution in [2.24, 2.45) is 0 Å². The molecule has 1 unspecified atom stereocenters. The Morgan fingerprint density at radius 1 is 1.11 bits per heavy atom. The molecule has 2 aromatic carbocycles. The van der Waals surface area contributed by atoms with E-state index in [0.29, 0.717) is 0 Å². The molecule has 0 saturated carbocycles. The van der Waals surface area contributed by atoms with E-state index in [1.165, 1.54) is 5.56 Å². The molecule has 2 N–H and O–H groups in total. The number of benzene rings is 2. The van der Waals surface area contributed by atoms with Crippen LogP contribution in [-0.4, -0.2) is 28.0 Å². The molecule has 1 aliphatic rings. The number of aromatic hydroxyl groups is 1. The predicted octanol–water partition coefficient (Wildman–Crippen LogP) is 4.69. The fourth-order valence-electron chi connectivity index (χ4n) is 3.94. The minimum absolute atomic E-state index is 0.243. The Hall–Kier alpha value is -2.95. The average Bonchev–Trinajstić information content (AvgIpc) is 3.05. The molecule has 3 aromatic rings. The Morgan fingerprint density at radius 3 is 2.59 bits per heavy atom. The minimum atomic E-state index is -0.243. The third-order valence-electron chi connectivity index (χ3n) is 5.37. The van der Waals surface area contributed by atoms with E-state index in [2.05, 4.69) is 61.3 Å². The van der Waals surface area contributed by atoms with Gasteiger partial charge < -0.3 is 15.3 Å². The summed E-state index contributed by atoms with van der Waals surface area (Å²) in [5.74, 6) is 0.285. The van der Waals surface area contributed by atoms with Gasteiger partial charge in [-0.3, -0.25) is 0 Å². The molecular formula is C22H26N4O. The maximum atomic E-state index is 10.8. The summed E-state index contributed by atoms with van der Waals surface area (Å²) in [5, 5.41) is 19.1.